The van der Waals surface area contributed by atoms with Gasteiger partial charge < -0.3 is 15.3 Å². The lowest BCUT2D eigenvalue weighted by molar-refractivity contribution is -0.137. The van der Waals surface area contributed by atoms with Gasteiger partial charge in [-0.15, -0.1) is 11.3 Å². The molecule has 0 spiro atoms. The van der Waals surface area contributed by atoms with E-state index < -0.39 is 18.2 Å². The highest BCUT2D eigenvalue weighted by Crippen LogP contribution is 2.42. The highest BCUT2D eigenvalue weighted by Gasteiger charge is 2.36. The first-order chi connectivity index (χ1) is 14.0. The van der Waals surface area contributed by atoms with Crippen LogP contribution in [0.2, 0.25) is 0 Å². The van der Waals surface area contributed by atoms with E-state index in [9.17, 15) is 15.0 Å². The minimum atomic E-state index is -0.761. The van der Waals surface area contributed by atoms with Crippen molar-refractivity contribution in [3.8, 4) is 0 Å². The SMILES string of the molecule is C=C1C[C@@H](O)[C@H](CC[C@@H](O)c2cc3ccccc3s2)[C@H]1C/C=C\CCCC(=O)O. The summed E-state index contributed by atoms with van der Waals surface area (Å²) >= 11 is 1.63. The van der Waals surface area contributed by atoms with Gasteiger partial charge in [0.15, 0.2) is 0 Å². The molecule has 0 unspecified atom stereocenters. The van der Waals surface area contributed by atoms with E-state index in [1.54, 1.807) is 11.3 Å². The number of rotatable bonds is 10. The van der Waals surface area contributed by atoms with Gasteiger partial charge in [-0.05, 0) is 67.9 Å². The molecule has 1 saturated carbocycles. The second-order valence-corrected chi connectivity index (χ2v) is 9.09. The number of allylic oxidation sites excluding steroid dienone is 2. The molecule has 1 aliphatic rings. The first-order valence-corrected chi connectivity index (χ1v) is 11.2. The van der Waals surface area contributed by atoms with Gasteiger partial charge in [-0.1, -0.05) is 42.5 Å². The van der Waals surface area contributed by atoms with Crippen LogP contribution in [0.3, 0.4) is 0 Å². The number of hydrogen-bond donors (Lipinski definition) is 3. The van der Waals surface area contributed by atoms with Gasteiger partial charge in [-0.2, -0.15) is 0 Å². The molecule has 1 heterocycles. The molecule has 5 heteroatoms. The van der Waals surface area contributed by atoms with Crippen LogP contribution in [-0.2, 0) is 4.79 Å². The van der Waals surface area contributed by atoms with Gasteiger partial charge in [0.1, 0.15) is 0 Å². The first kappa shape index (κ1) is 21.8. The summed E-state index contributed by atoms with van der Waals surface area (Å²) in [5.74, 6) is -0.437. The maximum absolute atomic E-state index is 10.7. The largest absolute Gasteiger partial charge is 0.481 e. The molecule has 4 nitrogen and oxygen atoms in total. The Morgan fingerprint density at radius 1 is 1.31 bits per heavy atom. The fourth-order valence-corrected chi connectivity index (χ4v) is 5.35. The summed E-state index contributed by atoms with van der Waals surface area (Å²) in [5, 5.41) is 31.0. The fraction of sp³-hybridized carbons (Fsp3) is 0.458. The minimum Gasteiger partial charge on any atom is -0.481 e. The van der Waals surface area contributed by atoms with E-state index >= 15 is 0 Å². The number of hydrogen-bond acceptors (Lipinski definition) is 4. The molecule has 3 N–H and O–H groups in total. The Bertz CT molecular complexity index is 836. The van der Waals surface area contributed by atoms with Crippen molar-refractivity contribution >= 4 is 27.4 Å². The molecule has 156 valence electrons. The molecule has 0 aliphatic heterocycles. The number of aliphatic hydroxyl groups excluding tert-OH is 2. The molecule has 1 aromatic heterocycles. The summed E-state index contributed by atoms with van der Waals surface area (Å²) in [7, 11) is 0. The van der Waals surface area contributed by atoms with Crippen molar-refractivity contribution in [3.63, 3.8) is 0 Å². The number of aliphatic hydroxyl groups is 2. The Labute approximate surface area is 176 Å². The number of carboxylic acid groups (broad SMARTS) is 1. The number of unbranched alkanes of at least 4 members (excludes halogenated alkanes) is 1. The number of fused-ring (bicyclic) bond motifs is 1. The van der Waals surface area contributed by atoms with Crippen molar-refractivity contribution in [2.24, 2.45) is 11.8 Å². The molecule has 1 fully saturated rings. The van der Waals surface area contributed by atoms with Crippen molar-refractivity contribution in [3.05, 3.63) is 59.5 Å². The summed E-state index contributed by atoms with van der Waals surface area (Å²) in [6, 6.07) is 10.2. The van der Waals surface area contributed by atoms with Crippen LogP contribution in [0.4, 0.5) is 0 Å². The predicted molar refractivity (Wildman–Crippen MR) is 118 cm³/mol. The second-order valence-electron chi connectivity index (χ2n) is 7.97. The van der Waals surface area contributed by atoms with Crippen LogP contribution in [0.5, 0.6) is 0 Å². The molecular weight excluding hydrogens is 384 g/mol. The van der Waals surface area contributed by atoms with Crippen LogP contribution in [0.25, 0.3) is 10.1 Å². The van der Waals surface area contributed by atoms with E-state index in [0.29, 0.717) is 19.3 Å². The molecule has 29 heavy (non-hydrogen) atoms. The number of carbonyl (C=O) groups is 1. The van der Waals surface area contributed by atoms with E-state index in [2.05, 4.69) is 30.9 Å². The fourth-order valence-electron chi connectivity index (χ4n) is 4.27. The highest BCUT2D eigenvalue weighted by molar-refractivity contribution is 7.19. The van der Waals surface area contributed by atoms with E-state index in [0.717, 1.165) is 35.1 Å². The van der Waals surface area contributed by atoms with Gasteiger partial charge in [-0.3, -0.25) is 4.79 Å². The quantitative estimate of drug-likeness (QED) is 0.356. The molecule has 0 saturated heterocycles. The Kier molecular flexibility index (Phi) is 7.64. The summed E-state index contributed by atoms with van der Waals surface area (Å²) in [5.41, 5.74) is 1.08. The zero-order valence-corrected chi connectivity index (χ0v) is 17.5. The van der Waals surface area contributed by atoms with Gasteiger partial charge in [-0.25, -0.2) is 0 Å². The number of aliphatic carboxylic acids is 1. The van der Waals surface area contributed by atoms with Gasteiger partial charge in [0.05, 0.1) is 12.2 Å². The van der Waals surface area contributed by atoms with E-state index in [-0.39, 0.29) is 18.3 Å². The topological polar surface area (TPSA) is 77.8 Å². The maximum atomic E-state index is 10.7. The number of thiophene rings is 1. The van der Waals surface area contributed by atoms with Gasteiger partial charge in [0.2, 0.25) is 0 Å². The van der Waals surface area contributed by atoms with E-state index in [1.165, 1.54) is 4.70 Å². The third-order valence-electron chi connectivity index (χ3n) is 5.87. The maximum Gasteiger partial charge on any atom is 0.303 e. The van der Waals surface area contributed by atoms with Gasteiger partial charge >= 0.3 is 5.97 Å². The molecule has 2 aromatic rings. The Hall–Kier alpha value is -1.95. The van der Waals surface area contributed by atoms with Crippen molar-refractivity contribution in [2.45, 2.75) is 57.2 Å². The number of carboxylic acids is 1. The molecule has 1 aromatic carbocycles. The van der Waals surface area contributed by atoms with Crippen molar-refractivity contribution in [1.29, 1.82) is 0 Å². The van der Waals surface area contributed by atoms with E-state index in [4.69, 9.17) is 5.11 Å². The molecule has 0 amide bonds. The zero-order chi connectivity index (χ0) is 20.8. The van der Waals surface area contributed by atoms with Crippen molar-refractivity contribution in [1.82, 2.24) is 0 Å². The first-order valence-electron chi connectivity index (χ1n) is 10.3. The van der Waals surface area contributed by atoms with Crippen LogP contribution < -0.4 is 0 Å². The third kappa shape index (κ3) is 5.78. The van der Waals surface area contributed by atoms with Gasteiger partial charge in [0, 0.05) is 16.0 Å². The third-order valence-corrected chi connectivity index (χ3v) is 7.09. The van der Waals surface area contributed by atoms with Crippen molar-refractivity contribution in [2.75, 3.05) is 0 Å². The molecular formula is C24H30O4S. The van der Waals surface area contributed by atoms with Crippen molar-refractivity contribution < 1.29 is 20.1 Å². The lowest BCUT2D eigenvalue weighted by Gasteiger charge is -2.22. The molecule has 0 bridgehead atoms. The van der Waals surface area contributed by atoms with Crippen LogP contribution >= 0.6 is 11.3 Å². The Balaban J connectivity index is 1.53. The van der Waals surface area contributed by atoms with Crippen LogP contribution in [-0.4, -0.2) is 27.4 Å². The van der Waals surface area contributed by atoms with Crippen LogP contribution in [0, 0.1) is 11.8 Å². The van der Waals surface area contributed by atoms with Crippen LogP contribution in [0.1, 0.15) is 55.9 Å². The zero-order valence-electron chi connectivity index (χ0n) is 16.7. The lowest BCUT2D eigenvalue weighted by atomic mass is 9.85. The summed E-state index contributed by atoms with van der Waals surface area (Å²) < 4.78 is 1.18. The second kappa shape index (κ2) is 10.2. The molecule has 3 rings (SSSR count). The monoisotopic (exact) mass is 414 g/mol. The Morgan fingerprint density at radius 2 is 2.10 bits per heavy atom. The van der Waals surface area contributed by atoms with Crippen LogP contribution in [0.15, 0.2) is 54.6 Å². The smallest absolute Gasteiger partial charge is 0.303 e. The predicted octanol–water partition coefficient (Wildman–Crippen LogP) is 5.47. The highest BCUT2D eigenvalue weighted by atomic mass is 32.1. The standard InChI is InChI=1S/C24H30O4S/c1-16-14-21(26)19(18(16)9-4-2-3-5-11-24(27)28)12-13-20(25)23-15-17-8-6-7-10-22(17)29-23/h2,4,6-8,10,15,18-21,25-26H,1,3,5,9,11-14H2,(H,27,28)/b4-2-/t18-,19+,20+,21+/m0/s1. The lowest BCUT2D eigenvalue weighted by Crippen LogP contribution is -2.20. The summed E-state index contributed by atoms with van der Waals surface area (Å²) in [6.07, 6.45) is 7.62. The average molecular weight is 415 g/mol. The molecule has 0 radical (unpaired) electrons. The summed E-state index contributed by atoms with van der Waals surface area (Å²) in [4.78, 5) is 11.5. The van der Waals surface area contributed by atoms with Gasteiger partial charge in [0.25, 0.3) is 0 Å². The number of benzene rings is 1. The molecule has 1 aliphatic carbocycles. The average Bonchev–Trinajstić information content (AvgIpc) is 3.23. The minimum absolute atomic E-state index is 0.107. The summed E-state index contributed by atoms with van der Waals surface area (Å²) in [6.45, 7) is 4.16. The Morgan fingerprint density at radius 3 is 2.86 bits per heavy atom. The normalized spacial score (nSPS) is 23.2. The molecule has 4 atom stereocenters. The van der Waals surface area contributed by atoms with E-state index in [1.807, 2.05) is 18.2 Å².